The minimum Gasteiger partial charge on any atom is -0.496 e. The molecule has 0 amide bonds. The molecule has 0 saturated heterocycles. The van der Waals surface area contributed by atoms with Gasteiger partial charge in [-0.05, 0) is 30.3 Å². The van der Waals surface area contributed by atoms with Crippen molar-refractivity contribution in [3.05, 3.63) is 23.8 Å². The highest BCUT2D eigenvalue weighted by Crippen LogP contribution is 2.25. The Hall–Kier alpha value is -1.04. The molecule has 0 unspecified atom stereocenters. The van der Waals surface area contributed by atoms with Crippen LogP contribution >= 0.6 is 0 Å². The highest BCUT2D eigenvalue weighted by molar-refractivity contribution is 6.58. The van der Waals surface area contributed by atoms with Gasteiger partial charge in [0, 0.05) is 12.2 Å². The molecule has 1 aliphatic carbocycles. The second kappa shape index (κ2) is 6.94. The molecule has 1 aromatic carbocycles. The Bertz CT molecular complexity index is 402. The van der Waals surface area contributed by atoms with Crippen LogP contribution in [0.3, 0.4) is 0 Å². The molecule has 0 radical (unpaired) electrons. The Morgan fingerprint density at radius 2 is 2.00 bits per heavy atom. The lowest BCUT2D eigenvalue weighted by molar-refractivity contribution is 0.0875. The first-order chi connectivity index (χ1) is 9.20. The normalized spacial score (nSPS) is 15.7. The summed E-state index contributed by atoms with van der Waals surface area (Å²) in [5.41, 5.74) is 1.31. The number of ether oxygens (including phenoxy) is 2. The first-order valence-corrected chi connectivity index (χ1v) is 6.81. The summed E-state index contributed by atoms with van der Waals surface area (Å²) >= 11 is 0. The molecule has 104 valence electrons. The molecule has 0 heterocycles. The van der Waals surface area contributed by atoms with Gasteiger partial charge in [0.1, 0.15) is 5.75 Å². The van der Waals surface area contributed by atoms with E-state index in [2.05, 4.69) is 0 Å². The number of hydrogen-bond acceptors (Lipinski definition) is 4. The molecule has 1 aromatic rings. The summed E-state index contributed by atoms with van der Waals surface area (Å²) in [6, 6.07) is 5.10. The van der Waals surface area contributed by atoms with Crippen LogP contribution in [0.4, 0.5) is 0 Å². The van der Waals surface area contributed by atoms with Crippen molar-refractivity contribution in [2.24, 2.45) is 5.92 Å². The summed E-state index contributed by atoms with van der Waals surface area (Å²) in [4.78, 5) is 0. The molecule has 1 saturated carbocycles. The van der Waals surface area contributed by atoms with Gasteiger partial charge in [-0.2, -0.15) is 0 Å². The van der Waals surface area contributed by atoms with E-state index < -0.39 is 7.12 Å². The van der Waals surface area contributed by atoms with E-state index in [-0.39, 0.29) is 0 Å². The summed E-state index contributed by atoms with van der Waals surface area (Å²) in [6.45, 7) is 1.22. The molecule has 4 nitrogen and oxygen atoms in total. The standard InChI is InChI=1S/C14H21BO4/c1-18-14-7-6-13(15(16)17)8-12(14)10-19-9-11-4-2-3-5-11/h6-8,11,16-17H,2-5,9-10H2,1H3. The highest BCUT2D eigenvalue weighted by Gasteiger charge is 2.16. The van der Waals surface area contributed by atoms with E-state index in [1.165, 1.54) is 25.7 Å². The molecule has 0 atom stereocenters. The number of hydrogen-bond donors (Lipinski definition) is 2. The van der Waals surface area contributed by atoms with Gasteiger partial charge in [0.25, 0.3) is 0 Å². The number of methoxy groups -OCH3 is 1. The minimum absolute atomic E-state index is 0.445. The average Bonchev–Trinajstić information content (AvgIpc) is 2.91. The summed E-state index contributed by atoms with van der Waals surface area (Å²) in [6.07, 6.45) is 5.13. The van der Waals surface area contributed by atoms with Gasteiger partial charge in [0.2, 0.25) is 0 Å². The maximum atomic E-state index is 9.18. The van der Waals surface area contributed by atoms with Gasteiger partial charge in [0.15, 0.2) is 0 Å². The zero-order chi connectivity index (χ0) is 13.7. The fourth-order valence-electron chi connectivity index (χ4n) is 2.58. The monoisotopic (exact) mass is 264 g/mol. The van der Waals surface area contributed by atoms with Gasteiger partial charge in [0.05, 0.1) is 13.7 Å². The molecule has 0 bridgehead atoms. The highest BCUT2D eigenvalue weighted by atomic mass is 16.5. The van der Waals surface area contributed by atoms with E-state index in [1.807, 2.05) is 0 Å². The molecular formula is C14H21BO4. The molecule has 5 heteroatoms. The zero-order valence-electron chi connectivity index (χ0n) is 11.3. The van der Waals surface area contributed by atoms with Crippen LogP contribution in [0.5, 0.6) is 5.75 Å². The second-order valence-corrected chi connectivity index (χ2v) is 5.11. The Morgan fingerprint density at radius 1 is 1.26 bits per heavy atom. The first-order valence-electron chi connectivity index (χ1n) is 6.81. The topological polar surface area (TPSA) is 58.9 Å². The Morgan fingerprint density at radius 3 is 2.63 bits per heavy atom. The van der Waals surface area contributed by atoms with Crippen molar-refractivity contribution in [3.63, 3.8) is 0 Å². The van der Waals surface area contributed by atoms with Crippen LogP contribution in [-0.4, -0.2) is 30.9 Å². The molecule has 0 aliphatic heterocycles. The minimum atomic E-state index is -1.46. The third-order valence-corrected chi connectivity index (χ3v) is 3.69. The Balaban J connectivity index is 1.94. The molecule has 1 fully saturated rings. The van der Waals surface area contributed by atoms with Gasteiger partial charge >= 0.3 is 7.12 Å². The van der Waals surface area contributed by atoms with Crippen LogP contribution < -0.4 is 10.2 Å². The van der Waals surface area contributed by atoms with E-state index in [0.717, 1.165) is 17.9 Å². The van der Waals surface area contributed by atoms with Gasteiger partial charge in [-0.1, -0.05) is 25.0 Å². The van der Waals surface area contributed by atoms with Crippen LogP contribution in [0.15, 0.2) is 18.2 Å². The Kier molecular flexibility index (Phi) is 5.25. The SMILES string of the molecule is COc1ccc(B(O)O)cc1COCC1CCCC1. The van der Waals surface area contributed by atoms with Crippen molar-refractivity contribution >= 4 is 12.6 Å². The predicted molar refractivity (Wildman–Crippen MR) is 74.4 cm³/mol. The molecule has 2 rings (SSSR count). The fourth-order valence-corrected chi connectivity index (χ4v) is 2.58. The van der Waals surface area contributed by atoms with Crippen LogP contribution in [-0.2, 0) is 11.3 Å². The molecular weight excluding hydrogens is 243 g/mol. The van der Waals surface area contributed by atoms with Crippen molar-refractivity contribution in [1.82, 2.24) is 0 Å². The smallest absolute Gasteiger partial charge is 0.488 e. The van der Waals surface area contributed by atoms with Crippen molar-refractivity contribution in [2.75, 3.05) is 13.7 Å². The zero-order valence-corrected chi connectivity index (χ0v) is 11.3. The lowest BCUT2D eigenvalue weighted by atomic mass is 9.79. The van der Waals surface area contributed by atoms with Gasteiger partial charge < -0.3 is 19.5 Å². The summed E-state index contributed by atoms with van der Waals surface area (Å²) in [5.74, 6) is 1.40. The fraction of sp³-hybridized carbons (Fsp3) is 0.571. The average molecular weight is 264 g/mol. The molecule has 0 spiro atoms. The van der Waals surface area contributed by atoms with Crippen LogP contribution in [0.25, 0.3) is 0 Å². The van der Waals surface area contributed by atoms with E-state index in [4.69, 9.17) is 9.47 Å². The molecule has 1 aliphatic rings. The molecule has 2 N–H and O–H groups in total. The van der Waals surface area contributed by atoms with Crippen molar-refractivity contribution in [2.45, 2.75) is 32.3 Å². The van der Waals surface area contributed by atoms with Crippen molar-refractivity contribution < 1.29 is 19.5 Å². The second-order valence-electron chi connectivity index (χ2n) is 5.11. The number of rotatable bonds is 6. The van der Waals surface area contributed by atoms with E-state index in [9.17, 15) is 10.0 Å². The quantitative estimate of drug-likeness (QED) is 0.755. The maximum absolute atomic E-state index is 9.18. The van der Waals surface area contributed by atoms with Gasteiger partial charge in [-0.3, -0.25) is 0 Å². The maximum Gasteiger partial charge on any atom is 0.488 e. The van der Waals surface area contributed by atoms with Gasteiger partial charge in [-0.25, -0.2) is 0 Å². The first kappa shape index (κ1) is 14.4. The summed E-state index contributed by atoms with van der Waals surface area (Å²) < 4.78 is 11.0. The van der Waals surface area contributed by atoms with Crippen LogP contribution in [0.1, 0.15) is 31.2 Å². The largest absolute Gasteiger partial charge is 0.496 e. The van der Waals surface area contributed by atoms with E-state index in [0.29, 0.717) is 18.0 Å². The van der Waals surface area contributed by atoms with Gasteiger partial charge in [-0.15, -0.1) is 0 Å². The van der Waals surface area contributed by atoms with Crippen molar-refractivity contribution in [1.29, 1.82) is 0 Å². The van der Waals surface area contributed by atoms with E-state index >= 15 is 0 Å². The van der Waals surface area contributed by atoms with Crippen LogP contribution in [0.2, 0.25) is 0 Å². The van der Waals surface area contributed by atoms with Crippen LogP contribution in [0, 0.1) is 5.92 Å². The third-order valence-electron chi connectivity index (χ3n) is 3.69. The predicted octanol–water partition coefficient (Wildman–Crippen LogP) is 1.08. The summed E-state index contributed by atoms with van der Waals surface area (Å²) in [7, 11) is 0.143. The Labute approximate surface area is 114 Å². The number of benzene rings is 1. The lowest BCUT2D eigenvalue weighted by Gasteiger charge is -2.13. The molecule has 0 aromatic heterocycles. The van der Waals surface area contributed by atoms with E-state index in [1.54, 1.807) is 25.3 Å². The van der Waals surface area contributed by atoms with Crippen molar-refractivity contribution in [3.8, 4) is 5.75 Å². The molecule has 19 heavy (non-hydrogen) atoms. The third kappa shape index (κ3) is 3.96. The lowest BCUT2D eigenvalue weighted by Crippen LogP contribution is -2.30. The summed E-state index contributed by atoms with van der Waals surface area (Å²) in [5, 5.41) is 18.4.